The molecule has 5 nitrogen and oxygen atoms in total. The Morgan fingerprint density at radius 3 is 2.35 bits per heavy atom. The molecule has 0 bridgehead atoms. The van der Waals surface area contributed by atoms with Crippen LogP contribution < -0.4 is 5.32 Å². The fraction of sp³-hybridized carbons (Fsp3) is 0.667. The van der Waals surface area contributed by atoms with Crippen LogP contribution in [0.5, 0.6) is 0 Å². The van der Waals surface area contributed by atoms with E-state index in [9.17, 15) is 9.90 Å². The molecule has 1 rings (SSSR count). The molecule has 112 valence electrons. The summed E-state index contributed by atoms with van der Waals surface area (Å²) in [5.41, 5.74) is 1.86. The molecular formula is C15H25N3O2. The Morgan fingerprint density at radius 2 is 1.90 bits per heavy atom. The van der Waals surface area contributed by atoms with Gasteiger partial charge < -0.3 is 10.4 Å². The van der Waals surface area contributed by atoms with E-state index in [1.165, 1.54) is 0 Å². The van der Waals surface area contributed by atoms with Crippen molar-refractivity contribution in [1.29, 1.82) is 0 Å². The van der Waals surface area contributed by atoms with Gasteiger partial charge in [0.2, 0.25) is 0 Å². The van der Waals surface area contributed by atoms with E-state index in [1.54, 1.807) is 0 Å². The van der Waals surface area contributed by atoms with Crippen LogP contribution >= 0.6 is 0 Å². The lowest BCUT2D eigenvalue weighted by molar-refractivity contribution is 0.0696. The Hall–Kier alpha value is -1.65. The summed E-state index contributed by atoms with van der Waals surface area (Å²) >= 11 is 0. The lowest BCUT2D eigenvalue weighted by Gasteiger charge is -2.19. The Kier molecular flexibility index (Phi) is 6.42. The van der Waals surface area contributed by atoms with Crippen LogP contribution in [0, 0.1) is 0 Å². The Bertz CT molecular complexity index is 461. The molecule has 0 saturated heterocycles. The van der Waals surface area contributed by atoms with Crippen molar-refractivity contribution in [2.45, 2.75) is 65.8 Å². The van der Waals surface area contributed by atoms with E-state index in [0.29, 0.717) is 18.7 Å². The quantitative estimate of drug-likeness (QED) is 0.763. The average Bonchev–Trinajstić information content (AvgIpc) is 2.45. The molecule has 1 aromatic heterocycles. The van der Waals surface area contributed by atoms with Crippen molar-refractivity contribution in [3.63, 3.8) is 0 Å². The molecule has 1 unspecified atom stereocenters. The first-order valence-electron chi connectivity index (χ1n) is 7.47. The fourth-order valence-electron chi connectivity index (χ4n) is 2.42. The van der Waals surface area contributed by atoms with Crippen molar-refractivity contribution in [2.24, 2.45) is 0 Å². The fourth-order valence-corrected chi connectivity index (χ4v) is 2.42. The number of aromatic carboxylic acids is 1. The average molecular weight is 279 g/mol. The van der Waals surface area contributed by atoms with E-state index in [2.05, 4.69) is 29.4 Å². The molecule has 5 heteroatoms. The van der Waals surface area contributed by atoms with Crippen LogP contribution in [-0.2, 0) is 12.8 Å². The summed E-state index contributed by atoms with van der Waals surface area (Å²) in [6.45, 7) is 8.12. The van der Waals surface area contributed by atoms with Crippen LogP contribution in [0.15, 0.2) is 0 Å². The highest BCUT2D eigenvalue weighted by atomic mass is 16.4. The summed E-state index contributed by atoms with van der Waals surface area (Å²) in [5, 5.41) is 21.0. The van der Waals surface area contributed by atoms with Gasteiger partial charge in [0.05, 0.1) is 5.69 Å². The van der Waals surface area contributed by atoms with Gasteiger partial charge in [-0.15, -0.1) is 5.10 Å². The van der Waals surface area contributed by atoms with Crippen molar-refractivity contribution in [3.05, 3.63) is 16.8 Å². The number of nitrogens with zero attached hydrogens (tertiary/aromatic N) is 2. The number of carboxylic acids is 1. The van der Waals surface area contributed by atoms with E-state index in [4.69, 9.17) is 0 Å². The summed E-state index contributed by atoms with van der Waals surface area (Å²) in [6, 6.07) is 0.240. The van der Waals surface area contributed by atoms with Crippen molar-refractivity contribution >= 4 is 11.8 Å². The zero-order valence-corrected chi connectivity index (χ0v) is 12.9. The van der Waals surface area contributed by atoms with Gasteiger partial charge in [0.25, 0.3) is 0 Å². The van der Waals surface area contributed by atoms with Crippen LogP contribution in [0.3, 0.4) is 0 Å². The minimum absolute atomic E-state index is 0.240. The molecule has 0 aliphatic heterocycles. The maximum Gasteiger partial charge on any atom is 0.339 e. The largest absolute Gasteiger partial charge is 0.478 e. The minimum Gasteiger partial charge on any atom is -0.478 e. The van der Waals surface area contributed by atoms with E-state index in [-0.39, 0.29) is 11.6 Å². The highest BCUT2D eigenvalue weighted by Crippen LogP contribution is 2.22. The minimum atomic E-state index is -0.930. The predicted molar refractivity (Wildman–Crippen MR) is 80.4 cm³/mol. The first kappa shape index (κ1) is 16.4. The molecule has 0 aliphatic carbocycles. The second-order valence-corrected chi connectivity index (χ2v) is 4.90. The van der Waals surface area contributed by atoms with E-state index in [1.807, 2.05) is 13.8 Å². The number of aromatic nitrogens is 2. The number of carbonyl (C=O) groups is 1. The number of hydrogen-bond acceptors (Lipinski definition) is 4. The molecule has 0 fully saturated rings. The standard InChI is InChI=1S/C15H25N3O2/c1-5-9-10(6-2)16-14-13(15(19)20)11(7-3)12(8-4)17-18-14/h10H,5-9H2,1-4H3,(H,16,18)(H,19,20). The molecule has 2 N–H and O–H groups in total. The van der Waals surface area contributed by atoms with Gasteiger partial charge in [-0.2, -0.15) is 5.10 Å². The van der Waals surface area contributed by atoms with Crippen LogP contribution in [0.25, 0.3) is 0 Å². The van der Waals surface area contributed by atoms with Gasteiger partial charge in [0.1, 0.15) is 5.56 Å². The molecule has 0 radical (unpaired) electrons. The molecule has 20 heavy (non-hydrogen) atoms. The summed E-state index contributed by atoms with van der Waals surface area (Å²) in [6.07, 6.45) is 4.33. The highest BCUT2D eigenvalue weighted by Gasteiger charge is 2.21. The van der Waals surface area contributed by atoms with Gasteiger partial charge in [0, 0.05) is 6.04 Å². The normalized spacial score (nSPS) is 12.2. The van der Waals surface area contributed by atoms with Gasteiger partial charge >= 0.3 is 5.97 Å². The van der Waals surface area contributed by atoms with Crippen LogP contribution in [0.4, 0.5) is 5.82 Å². The van der Waals surface area contributed by atoms with Crippen molar-refractivity contribution in [1.82, 2.24) is 10.2 Å². The highest BCUT2D eigenvalue weighted by molar-refractivity contribution is 5.95. The zero-order chi connectivity index (χ0) is 15.1. The molecule has 0 saturated carbocycles. The number of anilines is 1. The first-order chi connectivity index (χ1) is 9.58. The molecule has 0 spiro atoms. The summed E-state index contributed by atoms with van der Waals surface area (Å²) in [7, 11) is 0. The predicted octanol–water partition coefficient (Wildman–Crippen LogP) is 3.29. The smallest absolute Gasteiger partial charge is 0.339 e. The third kappa shape index (κ3) is 3.68. The third-order valence-corrected chi connectivity index (χ3v) is 3.53. The SMILES string of the molecule is CCCC(CC)Nc1nnc(CC)c(CC)c1C(=O)O. The molecule has 0 amide bonds. The third-order valence-electron chi connectivity index (χ3n) is 3.53. The number of rotatable bonds is 8. The van der Waals surface area contributed by atoms with Crippen LogP contribution in [-0.4, -0.2) is 27.3 Å². The monoisotopic (exact) mass is 279 g/mol. The molecule has 1 aromatic rings. The van der Waals surface area contributed by atoms with E-state index in [0.717, 1.165) is 30.5 Å². The summed E-state index contributed by atoms with van der Waals surface area (Å²) < 4.78 is 0. The molecular weight excluding hydrogens is 254 g/mol. The van der Waals surface area contributed by atoms with Crippen molar-refractivity contribution in [3.8, 4) is 0 Å². The van der Waals surface area contributed by atoms with Gasteiger partial charge in [0.15, 0.2) is 5.82 Å². The van der Waals surface area contributed by atoms with E-state index < -0.39 is 5.97 Å². The number of hydrogen-bond donors (Lipinski definition) is 2. The first-order valence-corrected chi connectivity index (χ1v) is 7.47. The van der Waals surface area contributed by atoms with Gasteiger partial charge in [-0.25, -0.2) is 4.79 Å². The van der Waals surface area contributed by atoms with Crippen molar-refractivity contribution in [2.75, 3.05) is 5.32 Å². The molecule has 0 aliphatic rings. The Labute approximate surface area is 120 Å². The zero-order valence-electron chi connectivity index (χ0n) is 12.9. The van der Waals surface area contributed by atoms with Crippen molar-refractivity contribution < 1.29 is 9.90 Å². The lowest BCUT2D eigenvalue weighted by Crippen LogP contribution is -2.23. The van der Waals surface area contributed by atoms with Gasteiger partial charge in [-0.3, -0.25) is 0 Å². The Morgan fingerprint density at radius 1 is 1.20 bits per heavy atom. The Balaban J connectivity index is 3.22. The maximum atomic E-state index is 11.6. The maximum absolute atomic E-state index is 11.6. The second-order valence-electron chi connectivity index (χ2n) is 4.90. The molecule has 0 aromatic carbocycles. The summed E-state index contributed by atoms with van der Waals surface area (Å²) in [5.74, 6) is -0.521. The van der Waals surface area contributed by atoms with Crippen LogP contribution in [0.1, 0.15) is 68.6 Å². The molecule has 1 atom stereocenters. The number of carboxylic acid groups (broad SMARTS) is 1. The lowest BCUT2D eigenvalue weighted by atomic mass is 10.0. The summed E-state index contributed by atoms with van der Waals surface area (Å²) in [4.78, 5) is 11.6. The number of aryl methyl sites for hydroxylation is 1. The van der Waals surface area contributed by atoms with E-state index >= 15 is 0 Å². The number of nitrogens with one attached hydrogen (secondary N) is 1. The van der Waals surface area contributed by atoms with Gasteiger partial charge in [-0.05, 0) is 31.2 Å². The van der Waals surface area contributed by atoms with Gasteiger partial charge in [-0.1, -0.05) is 34.1 Å². The van der Waals surface area contributed by atoms with Crippen LogP contribution in [0.2, 0.25) is 0 Å². The topological polar surface area (TPSA) is 75.1 Å². The molecule has 1 heterocycles. The second kappa shape index (κ2) is 7.82.